The van der Waals surface area contributed by atoms with Gasteiger partial charge < -0.3 is 4.90 Å². The maximum atomic E-state index is 5.13. The Balaban J connectivity index is 0.000000111. The third-order valence-electron chi connectivity index (χ3n) is 21.0. The van der Waals surface area contributed by atoms with E-state index in [2.05, 4.69) is 169 Å². The van der Waals surface area contributed by atoms with Crippen molar-refractivity contribution in [1.82, 2.24) is 64.8 Å². The first-order valence-corrected chi connectivity index (χ1v) is 35.9. The number of pyridine rings is 1. The van der Waals surface area contributed by atoms with Crippen LogP contribution in [0.15, 0.2) is 237 Å². The Morgan fingerprint density at radius 2 is 0.931 bits per heavy atom. The molecular weight excluding hydrogens is 1240 g/mol. The maximum Gasteiger partial charge on any atom is 0.208 e. The minimum absolute atomic E-state index is 0.134. The van der Waals surface area contributed by atoms with Gasteiger partial charge in [0.05, 0.1) is 17.4 Å². The van der Waals surface area contributed by atoms with E-state index >= 15 is 0 Å². The van der Waals surface area contributed by atoms with Gasteiger partial charge >= 0.3 is 0 Å². The minimum atomic E-state index is 0.134. The second kappa shape index (κ2) is 31.1. The molecule has 0 N–H and O–H groups in total. The van der Waals surface area contributed by atoms with Gasteiger partial charge in [0.2, 0.25) is 5.82 Å². The van der Waals surface area contributed by atoms with Gasteiger partial charge in [-0.2, -0.15) is 0 Å². The zero-order chi connectivity index (χ0) is 69.0. The van der Waals surface area contributed by atoms with E-state index in [1.54, 1.807) is 6.92 Å². The first-order valence-electron chi connectivity index (χ1n) is 35.9. The summed E-state index contributed by atoms with van der Waals surface area (Å²) in [6.45, 7) is 13.3. The van der Waals surface area contributed by atoms with Crippen molar-refractivity contribution in [2.75, 3.05) is 18.0 Å². The predicted octanol–water partition coefficient (Wildman–Crippen LogP) is 19.0. The fourth-order valence-corrected chi connectivity index (χ4v) is 16.6. The first kappa shape index (κ1) is 67.3. The van der Waals surface area contributed by atoms with Gasteiger partial charge in [-0.3, -0.25) is 4.98 Å². The number of hydrogen-bond donors (Lipinski definition) is 0. The topological polar surface area (TPSA) is 171 Å². The zero-order valence-corrected chi connectivity index (χ0v) is 58.4. The van der Waals surface area contributed by atoms with Crippen LogP contribution in [0.2, 0.25) is 0 Å². The number of para-hydroxylation sites is 1. The van der Waals surface area contributed by atoms with E-state index in [1.165, 1.54) is 101 Å². The molecule has 6 heterocycles. The normalized spacial score (nSPS) is 21.9. The molecule has 0 amide bonds. The molecular formula is C87H86N14. The monoisotopic (exact) mass is 1330 g/mol. The number of piperidine rings is 1. The summed E-state index contributed by atoms with van der Waals surface area (Å²) in [5.41, 5.74) is 9.13. The van der Waals surface area contributed by atoms with E-state index in [0.29, 0.717) is 34.6 Å². The molecule has 20 rings (SSSR count). The molecule has 8 aliphatic rings. The molecule has 7 aliphatic carbocycles. The maximum absolute atomic E-state index is 5.13. The lowest BCUT2D eigenvalue weighted by Gasteiger charge is -2.60. The zero-order valence-electron chi connectivity index (χ0n) is 58.4. The lowest BCUT2D eigenvalue weighted by Crippen LogP contribution is -2.53. The van der Waals surface area contributed by atoms with Crippen LogP contribution < -0.4 is 4.90 Å². The lowest BCUT2D eigenvalue weighted by atomic mass is 9.44. The molecule has 6 unspecified atom stereocenters. The summed E-state index contributed by atoms with van der Waals surface area (Å²) in [5, 5.41) is 1.24. The minimum Gasteiger partial charge on any atom is -0.370 e. The molecule has 14 nitrogen and oxygen atoms in total. The summed E-state index contributed by atoms with van der Waals surface area (Å²) >= 11 is 0. The first-order chi connectivity index (χ1) is 49.5. The van der Waals surface area contributed by atoms with Crippen molar-refractivity contribution in [3.05, 3.63) is 261 Å². The predicted molar refractivity (Wildman–Crippen MR) is 404 cm³/mol. The van der Waals surface area contributed by atoms with Crippen LogP contribution in [0.25, 0.3) is 85.3 Å². The third-order valence-corrected chi connectivity index (χ3v) is 21.0. The molecule has 5 aromatic heterocycles. The van der Waals surface area contributed by atoms with Crippen molar-refractivity contribution in [2.24, 2.45) is 40.9 Å². The van der Waals surface area contributed by atoms with E-state index in [9.17, 15) is 0 Å². The quantitative estimate of drug-likeness (QED) is 0.118. The standard InChI is InChI=1S/C26H27N3.C22H21N3.C18H13N3.C15H18N2.C6H7N3/c1-25-13-18-12-19(14-25)16-26(15-18,17-25)24-28-22(20-8-4-2-5-9-20)27-23(29-24)21-10-6-3-7-11-21;1-14-12-17-13-18(14)19(17)22-24-20(15-8-4-2-5-9-15)23-21(25-22)16-10-6-3-7-11-16;1-2-9-16-19-17(14-10-5-3-6-11-14)21-18(20-16)15-12-7-4-8-13-15;1-12-6-8-17(9-7-12)14-10-13-4-2-3-5-15(13)16-11-14;1-2-3-6-8-4-7-5-9-6/h2-11,18-19H,12-17H2,1H3;2-11,14,17-19H,12-13H2,1H3;3-8,10-13H,1H3;2-5,10-12H,6-9H2,1H3;2-5H,1H3/b;;;;3-2+. The number of allylic oxidation sites excluding steroid dienone is 1. The SMILES string of the molecule is C/C=C/c1ncncn1.CC#Cc1nc(-c2ccccc2)nc(-c2ccccc2)n1.CC12CC3CC(C1)CC(c1nc(-c4ccccc4)nc(-c4ccccc4)n1)(C3)C2.CC1CC2CC1C2c1nc(-c2ccccc2)nc(-c2ccccc2)n1.CC1CCN(c2cnc3ccccc3c2)CC1. The van der Waals surface area contributed by atoms with Crippen LogP contribution >= 0.6 is 0 Å². The molecule has 6 atom stereocenters. The molecule has 7 aromatic carbocycles. The molecule has 6 bridgehead atoms. The Morgan fingerprint density at radius 3 is 1.36 bits per heavy atom. The number of fused-ring (bicyclic) bond motifs is 2. The highest BCUT2D eigenvalue weighted by atomic mass is 15.1. The second-order valence-corrected chi connectivity index (χ2v) is 28.5. The smallest absolute Gasteiger partial charge is 0.208 e. The van der Waals surface area contributed by atoms with Gasteiger partial charge in [-0.25, -0.2) is 59.8 Å². The van der Waals surface area contributed by atoms with Crippen LogP contribution in [0.4, 0.5) is 5.69 Å². The highest BCUT2D eigenvalue weighted by Gasteiger charge is 2.58. The van der Waals surface area contributed by atoms with E-state index in [-0.39, 0.29) is 5.41 Å². The van der Waals surface area contributed by atoms with Crippen molar-refractivity contribution in [1.29, 1.82) is 0 Å². The number of nitrogens with zero attached hydrogens (tertiary/aromatic N) is 14. The highest BCUT2D eigenvalue weighted by molar-refractivity contribution is 5.81. The lowest BCUT2D eigenvalue weighted by molar-refractivity contribution is -0.0648. The second-order valence-electron chi connectivity index (χ2n) is 28.5. The molecule has 0 spiro atoms. The van der Waals surface area contributed by atoms with Crippen LogP contribution in [0.3, 0.4) is 0 Å². The van der Waals surface area contributed by atoms with Gasteiger partial charge in [-0.1, -0.05) is 233 Å². The Morgan fingerprint density at radius 1 is 0.485 bits per heavy atom. The number of hydrogen-bond acceptors (Lipinski definition) is 14. The van der Waals surface area contributed by atoms with Crippen molar-refractivity contribution < 1.29 is 0 Å². The van der Waals surface area contributed by atoms with Crippen LogP contribution in [0, 0.1) is 52.8 Å². The number of aromatic nitrogens is 13. The number of anilines is 1. The van der Waals surface area contributed by atoms with Crippen LogP contribution in [-0.2, 0) is 5.41 Å². The highest BCUT2D eigenvalue weighted by Crippen LogP contribution is 2.65. The summed E-state index contributed by atoms with van der Waals surface area (Å²) < 4.78 is 0. The average molecular weight is 1330 g/mol. The van der Waals surface area contributed by atoms with Crippen molar-refractivity contribution in [2.45, 2.75) is 110 Å². The van der Waals surface area contributed by atoms with Gasteiger partial charge in [-0.15, -0.1) is 0 Å². The fourth-order valence-electron chi connectivity index (χ4n) is 16.6. The van der Waals surface area contributed by atoms with Crippen LogP contribution in [-0.4, -0.2) is 77.9 Å². The average Bonchev–Trinajstić information content (AvgIpc) is 1.63. The number of rotatable bonds is 10. The van der Waals surface area contributed by atoms with Gasteiger partial charge in [0.25, 0.3) is 0 Å². The van der Waals surface area contributed by atoms with Crippen molar-refractivity contribution in [3.63, 3.8) is 0 Å². The molecule has 8 fully saturated rings. The molecule has 7 saturated carbocycles. The summed E-state index contributed by atoms with van der Waals surface area (Å²) in [7, 11) is 0. The van der Waals surface area contributed by atoms with Gasteiger partial charge in [0.1, 0.15) is 24.3 Å². The molecule has 504 valence electrons. The Bertz CT molecular complexity index is 4610. The number of benzene rings is 7. The molecule has 0 radical (unpaired) electrons. The summed E-state index contributed by atoms with van der Waals surface area (Å²) in [5.74, 6) is 18.9. The van der Waals surface area contributed by atoms with E-state index in [4.69, 9.17) is 29.9 Å². The summed E-state index contributed by atoms with van der Waals surface area (Å²) in [6.07, 6.45) is 21.9. The van der Waals surface area contributed by atoms with Crippen molar-refractivity contribution in [3.8, 4) is 80.2 Å². The van der Waals surface area contributed by atoms with E-state index < -0.39 is 0 Å². The Hall–Kier alpha value is -10.9. The van der Waals surface area contributed by atoms with Crippen molar-refractivity contribution >= 4 is 22.7 Å². The molecule has 101 heavy (non-hydrogen) atoms. The third kappa shape index (κ3) is 16.1. The molecule has 14 heteroatoms. The summed E-state index contributed by atoms with van der Waals surface area (Å²) in [4.78, 5) is 61.5. The molecule has 12 aromatic rings. The summed E-state index contributed by atoms with van der Waals surface area (Å²) in [6, 6.07) is 71.6. The van der Waals surface area contributed by atoms with Crippen LogP contribution in [0.5, 0.6) is 0 Å². The Kier molecular flexibility index (Phi) is 20.7. The Labute approximate surface area is 594 Å². The van der Waals surface area contributed by atoms with Crippen LogP contribution in [0.1, 0.15) is 128 Å². The van der Waals surface area contributed by atoms with E-state index in [0.717, 1.165) is 109 Å². The molecule has 1 aliphatic heterocycles. The van der Waals surface area contributed by atoms with Gasteiger partial charge in [-0.05, 0) is 143 Å². The largest absolute Gasteiger partial charge is 0.370 e. The molecule has 1 saturated heterocycles. The van der Waals surface area contributed by atoms with Gasteiger partial charge in [0, 0.05) is 63.2 Å². The van der Waals surface area contributed by atoms with Gasteiger partial charge in [0.15, 0.2) is 40.8 Å². The van der Waals surface area contributed by atoms with E-state index in [1.807, 2.05) is 141 Å². The fraction of sp³-hybridized carbons (Fsp3) is 0.299.